The molecule has 2 unspecified atom stereocenters. The number of ether oxygens (including phenoxy) is 1. The van der Waals surface area contributed by atoms with Gasteiger partial charge in [-0.1, -0.05) is 55.5 Å². The normalized spacial score (nSPS) is 24.5. The minimum absolute atomic E-state index is 0.0371. The van der Waals surface area contributed by atoms with E-state index in [0.717, 1.165) is 44.8 Å². The Balaban J connectivity index is 0.00000158. The van der Waals surface area contributed by atoms with E-state index in [0.29, 0.717) is 12.8 Å². The maximum atomic E-state index is 7.50. The van der Waals surface area contributed by atoms with E-state index in [1.807, 2.05) is 6.08 Å². The summed E-state index contributed by atoms with van der Waals surface area (Å²) in [6.07, 6.45) is 12.2. The molecule has 0 aliphatic carbocycles. The molecule has 0 radical (unpaired) electrons. The van der Waals surface area contributed by atoms with Gasteiger partial charge in [-0.15, -0.1) is 0 Å². The molecule has 6 heteroatoms. The summed E-state index contributed by atoms with van der Waals surface area (Å²) in [5, 5.41) is 0. The van der Waals surface area contributed by atoms with Gasteiger partial charge in [-0.2, -0.15) is 4.91 Å². The second-order valence-electron chi connectivity index (χ2n) is 9.42. The molecule has 1 aromatic carbocycles. The highest BCUT2D eigenvalue weighted by Crippen LogP contribution is 2.41. The van der Waals surface area contributed by atoms with Gasteiger partial charge in [-0.05, 0) is 69.7 Å². The third-order valence-corrected chi connectivity index (χ3v) is 7.44. The Labute approximate surface area is 205 Å². The molecule has 3 aliphatic rings. The number of nitrogens with one attached hydrogen (secondary N) is 1. The number of hydrogen-bond donors (Lipinski definition) is 1. The Morgan fingerprint density at radius 2 is 2.09 bits per heavy atom. The number of allylic oxidation sites excluding steroid dienone is 2. The summed E-state index contributed by atoms with van der Waals surface area (Å²) in [5.74, 6) is 1.08. The number of nitroso groups, excluding NO2 is 1. The van der Waals surface area contributed by atoms with Crippen LogP contribution in [0.15, 0.2) is 72.9 Å². The minimum Gasteiger partial charge on any atom is -0.365 e. The first-order valence-corrected chi connectivity index (χ1v) is 12.4. The van der Waals surface area contributed by atoms with E-state index in [9.17, 15) is 0 Å². The Hall–Kier alpha value is -2.86. The van der Waals surface area contributed by atoms with E-state index in [4.69, 9.17) is 9.64 Å². The predicted molar refractivity (Wildman–Crippen MR) is 139 cm³/mol. The Morgan fingerprint density at radius 1 is 1.29 bits per heavy atom. The van der Waals surface area contributed by atoms with Crippen LogP contribution >= 0.6 is 0 Å². The van der Waals surface area contributed by atoms with Gasteiger partial charge in [0.05, 0.1) is 12.1 Å². The third-order valence-electron chi connectivity index (χ3n) is 7.44. The SMILES string of the molecule is C=CC1=CC(N2COCC3(CCc4cccc(C)c4)CCCN3C2=C)=CC(CC)N1CC.N=O. The van der Waals surface area contributed by atoms with E-state index in [2.05, 4.69) is 90.6 Å². The zero-order valence-corrected chi connectivity index (χ0v) is 21.1. The maximum Gasteiger partial charge on any atom is 0.124 e. The number of rotatable bonds is 7. The summed E-state index contributed by atoms with van der Waals surface area (Å²) in [5.41, 5.74) is 9.65. The lowest BCUT2D eigenvalue weighted by Gasteiger charge is -2.42. The lowest BCUT2D eigenvalue weighted by atomic mass is 9.89. The van der Waals surface area contributed by atoms with Crippen LogP contribution in [0.1, 0.15) is 50.7 Å². The van der Waals surface area contributed by atoms with Crippen molar-refractivity contribution in [2.24, 2.45) is 0 Å². The average molecular weight is 465 g/mol. The fraction of sp³-hybridized carbons (Fsp3) is 0.500. The fourth-order valence-electron chi connectivity index (χ4n) is 5.70. The molecule has 6 nitrogen and oxygen atoms in total. The van der Waals surface area contributed by atoms with Crippen molar-refractivity contribution in [2.45, 2.75) is 64.5 Å². The highest BCUT2D eigenvalue weighted by molar-refractivity contribution is 5.36. The first-order valence-electron chi connectivity index (χ1n) is 12.4. The van der Waals surface area contributed by atoms with Crippen LogP contribution in [0.5, 0.6) is 0 Å². The van der Waals surface area contributed by atoms with E-state index in [-0.39, 0.29) is 5.54 Å². The van der Waals surface area contributed by atoms with Crippen LogP contribution in [0.2, 0.25) is 0 Å². The molecule has 0 amide bonds. The molecule has 34 heavy (non-hydrogen) atoms. The molecule has 2 atom stereocenters. The Morgan fingerprint density at radius 3 is 2.76 bits per heavy atom. The summed E-state index contributed by atoms with van der Waals surface area (Å²) in [7, 11) is 0. The second kappa shape index (κ2) is 11.5. The zero-order chi connectivity index (χ0) is 24.7. The van der Waals surface area contributed by atoms with Gasteiger partial charge in [0.1, 0.15) is 12.6 Å². The molecule has 0 spiro atoms. The van der Waals surface area contributed by atoms with E-state index >= 15 is 0 Å². The van der Waals surface area contributed by atoms with Gasteiger partial charge in [-0.3, -0.25) is 0 Å². The maximum absolute atomic E-state index is 7.50. The Bertz CT molecular complexity index is 940. The molecule has 2 saturated heterocycles. The summed E-state index contributed by atoms with van der Waals surface area (Å²) in [4.78, 5) is 14.7. The molecule has 3 heterocycles. The van der Waals surface area contributed by atoms with Crippen molar-refractivity contribution in [1.29, 1.82) is 5.59 Å². The lowest BCUT2D eigenvalue weighted by molar-refractivity contribution is 0.0361. The van der Waals surface area contributed by atoms with Crippen LogP contribution in [-0.4, -0.2) is 52.7 Å². The summed E-state index contributed by atoms with van der Waals surface area (Å²) >= 11 is 0. The molecule has 4 rings (SSSR count). The minimum atomic E-state index is 0.0371. The molecular weight excluding hydrogens is 424 g/mol. The summed E-state index contributed by atoms with van der Waals surface area (Å²) in [6.45, 7) is 18.6. The van der Waals surface area contributed by atoms with Gasteiger partial charge >= 0.3 is 0 Å². The average Bonchev–Trinajstić information content (AvgIpc) is 3.23. The van der Waals surface area contributed by atoms with E-state index < -0.39 is 0 Å². The van der Waals surface area contributed by atoms with Crippen LogP contribution in [0.4, 0.5) is 0 Å². The molecule has 3 aliphatic heterocycles. The molecule has 0 saturated carbocycles. The van der Waals surface area contributed by atoms with Gasteiger partial charge in [0.25, 0.3) is 0 Å². The molecule has 0 aromatic heterocycles. The fourth-order valence-corrected chi connectivity index (χ4v) is 5.70. The van der Waals surface area contributed by atoms with Crippen LogP contribution in [0, 0.1) is 17.4 Å². The number of fused-ring (bicyclic) bond motifs is 1. The molecular formula is C28H40N4O2. The van der Waals surface area contributed by atoms with E-state index in [1.165, 1.54) is 35.4 Å². The second-order valence-corrected chi connectivity index (χ2v) is 9.42. The summed E-state index contributed by atoms with van der Waals surface area (Å²) < 4.78 is 6.37. The molecule has 0 bridgehead atoms. The Kier molecular flexibility index (Phi) is 8.72. The van der Waals surface area contributed by atoms with Crippen LogP contribution < -0.4 is 0 Å². The first kappa shape index (κ1) is 25.8. The van der Waals surface area contributed by atoms with E-state index in [1.54, 1.807) is 0 Å². The molecule has 184 valence electrons. The quantitative estimate of drug-likeness (QED) is 0.507. The van der Waals surface area contributed by atoms with Gasteiger partial charge < -0.3 is 19.4 Å². The van der Waals surface area contributed by atoms with Crippen LogP contribution in [0.25, 0.3) is 0 Å². The van der Waals surface area contributed by atoms with Crippen molar-refractivity contribution in [1.82, 2.24) is 14.7 Å². The van der Waals surface area contributed by atoms with Gasteiger partial charge in [-0.25, -0.2) is 0 Å². The first-order chi connectivity index (χ1) is 16.5. The van der Waals surface area contributed by atoms with Gasteiger partial charge in [0.2, 0.25) is 0 Å². The monoisotopic (exact) mass is 464 g/mol. The molecule has 1 aromatic rings. The smallest absolute Gasteiger partial charge is 0.124 e. The third kappa shape index (κ3) is 5.12. The number of aryl methyl sites for hydroxylation is 2. The molecule has 1 N–H and O–H groups in total. The van der Waals surface area contributed by atoms with Crippen molar-refractivity contribution in [2.75, 3.05) is 26.4 Å². The van der Waals surface area contributed by atoms with Crippen molar-refractivity contribution in [3.63, 3.8) is 0 Å². The largest absolute Gasteiger partial charge is 0.365 e. The highest BCUT2D eigenvalue weighted by atomic mass is 16.5. The lowest BCUT2D eigenvalue weighted by Crippen LogP contribution is -2.47. The summed E-state index contributed by atoms with van der Waals surface area (Å²) in [6, 6.07) is 9.27. The van der Waals surface area contributed by atoms with Crippen molar-refractivity contribution in [3.05, 3.63) is 88.9 Å². The number of hydrogen-bond acceptors (Lipinski definition) is 6. The van der Waals surface area contributed by atoms with Crippen LogP contribution in [-0.2, 0) is 11.2 Å². The number of benzene rings is 1. The van der Waals surface area contributed by atoms with Gasteiger partial charge in [0, 0.05) is 30.5 Å². The predicted octanol–water partition coefficient (Wildman–Crippen LogP) is 5.92. The van der Waals surface area contributed by atoms with Crippen molar-refractivity contribution >= 4 is 0 Å². The van der Waals surface area contributed by atoms with Crippen LogP contribution in [0.3, 0.4) is 0 Å². The molecule has 2 fully saturated rings. The number of likely N-dealkylation sites (N-methyl/N-ethyl adjacent to an activating group) is 1. The standard InChI is InChI=1S/C28H39N3O.HNO/c1-6-25-18-27(19-26(7-2)29(25)8-3)30-21-32-20-28(14-10-16-31(28)23(30)5)15-13-24-12-9-11-22(4)17-24;1-2/h6,9,11-12,17-19,26H,1,5,7-8,10,13-16,20-21H2,2-4H3;1H. The zero-order valence-electron chi connectivity index (χ0n) is 21.1. The highest BCUT2D eigenvalue weighted by Gasteiger charge is 2.45. The number of nitrogens with zero attached hydrogens (tertiary/aromatic N) is 3. The van der Waals surface area contributed by atoms with Gasteiger partial charge in [0.15, 0.2) is 0 Å². The van der Waals surface area contributed by atoms with Crippen molar-refractivity contribution in [3.8, 4) is 0 Å². The topological polar surface area (TPSA) is 59.9 Å². The van der Waals surface area contributed by atoms with Crippen molar-refractivity contribution < 1.29 is 4.74 Å².